The molecule has 0 atom stereocenters. The number of fused-ring (bicyclic) bond motifs is 1. The summed E-state index contributed by atoms with van der Waals surface area (Å²) in [4.78, 5) is 12.3. The lowest BCUT2D eigenvalue weighted by atomic mass is 10.1. The molecule has 118 valence electrons. The van der Waals surface area contributed by atoms with Crippen LogP contribution in [0.15, 0.2) is 63.8 Å². The summed E-state index contributed by atoms with van der Waals surface area (Å²) in [6, 6.07) is 16.0. The van der Waals surface area contributed by atoms with Gasteiger partial charge in [-0.3, -0.25) is 4.79 Å². The van der Waals surface area contributed by atoms with Crippen LogP contribution in [0.25, 0.3) is 22.3 Å². The van der Waals surface area contributed by atoms with E-state index in [4.69, 9.17) is 9.15 Å². The summed E-state index contributed by atoms with van der Waals surface area (Å²) in [7, 11) is 0. The van der Waals surface area contributed by atoms with Crippen LogP contribution in [0, 0.1) is 0 Å². The molecule has 0 saturated heterocycles. The Morgan fingerprint density at radius 3 is 2.75 bits per heavy atom. The van der Waals surface area contributed by atoms with Gasteiger partial charge in [-0.2, -0.15) is 5.21 Å². The lowest BCUT2D eigenvalue weighted by Crippen LogP contribution is -2.02. The molecule has 0 radical (unpaired) electrons. The molecule has 2 aromatic carbocycles. The van der Waals surface area contributed by atoms with E-state index in [0.29, 0.717) is 28.3 Å². The van der Waals surface area contributed by atoms with Crippen molar-refractivity contribution in [1.29, 1.82) is 0 Å². The summed E-state index contributed by atoms with van der Waals surface area (Å²) in [5, 5.41) is 14.0. The Kier molecular flexibility index (Phi) is 3.51. The minimum atomic E-state index is -0.0974. The van der Waals surface area contributed by atoms with Gasteiger partial charge in [-0.1, -0.05) is 35.5 Å². The topological polar surface area (TPSA) is 93.9 Å². The van der Waals surface area contributed by atoms with E-state index in [1.165, 1.54) is 6.07 Å². The molecule has 7 nitrogen and oxygen atoms in total. The van der Waals surface area contributed by atoms with Crippen molar-refractivity contribution in [3.05, 3.63) is 70.6 Å². The quantitative estimate of drug-likeness (QED) is 0.621. The molecule has 0 bridgehead atoms. The minimum Gasteiger partial charge on any atom is -0.485 e. The number of hydrogen-bond donors (Lipinski definition) is 1. The van der Waals surface area contributed by atoms with Gasteiger partial charge in [-0.05, 0) is 12.1 Å². The van der Waals surface area contributed by atoms with Gasteiger partial charge in [0.15, 0.2) is 12.0 Å². The zero-order valence-corrected chi connectivity index (χ0v) is 12.5. The van der Waals surface area contributed by atoms with E-state index >= 15 is 0 Å². The number of hydrogen-bond acceptors (Lipinski definition) is 6. The van der Waals surface area contributed by atoms with E-state index in [0.717, 1.165) is 5.56 Å². The van der Waals surface area contributed by atoms with Crippen molar-refractivity contribution in [3.8, 4) is 17.1 Å². The van der Waals surface area contributed by atoms with Gasteiger partial charge >= 0.3 is 0 Å². The van der Waals surface area contributed by atoms with Crippen molar-refractivity contribution in [2.45, 2.75) is 6.61 Å². The van der Waals surface area contributed by atoms with Gasteiger partial charge in [0.05, 0.1) is 5.39 Å². The van der Waals surface area contributed by atoms with Crippen molar-refractivity contribution < 1.29 is 9.15 Å². The number of nitrogens with zero attached hydrogens (tertiary/aromatic N) is 3. The number of benzene rings is 2. The van der Waals surface area contributed by atoms with Gasteiger partial charge in [0.2, 0.25) is 5.82 Å². The Morgan fingerprint density at radius 1 is 1.08 bits per heavy atom. The summed E-state index contributed by atoms with van der Waals surface area (Å²) < 4.78 is 11.5. The first-order valence-electron chi connectivity index (χ1n) is 7.28. The molecule has 24 heavy (non-hydrogen) atoms. The second-order valence-electron chi connectivity index (χ2n) is 5.12. The number of aromatic nitrogens is 4. The van der Waals surface area contributed by atoms with Crippen molar-refractivity contribution in [1.82, 2.24) is 20.6 Å². The predicted octanol–water partition coefficient (Wildman–Crippen LogP) is 2.55. The summed E-state index contributed by atoms with van der Waals surface area (Å²) in [6.45, 7) is 0.171. The summed E-state index contributed by atoms with van der Waals surface area (Å²) >= 11 is 0. The average molecular weight is 320 g/mol. The normalized spacial score (nSPS) is 10.8. The largest absolute Gasteiger partial charge is 0.485 e. The Hall–Kier alpha value is -3.48. The first kappa shape index (κ1) is 14.1. The molecule has 0 amide bonds. The number of tetrazole rings is 1. The molecule has 1 N–H and O–H groups in total. The molecular weight excluding hydrogens is 308 g/mol. The van der Waals surface area contributed by atoms with Gasteiger partial charge in [0.25, 0.3) is 0 Å². The predicted molar refractivity (Wildman–Crippen MR) is 86.4 cm³/mol. The molecule has 7 heteroatoms. The fourth-order valence-corrected chi connectivity index (χ4v) is 2.36. The molecule has 2 aromatic heterocycles. The SMILES string of the molecule is O=c1cc(-c2ccccc2)oc2cc(OCc3nn[nH]n3)ccc12. The molecule has 2 heterocycles. The van der Waals surface area contributed by atoms with Gasteiger partial charge in [0, 0.05) is 17.7 Å². The van der Waals surface area contributed by atoms with Crippen LogP contribution < -0.4 is 10.2 Å². The highest BCUT2D eigenvalue weighted by Gasteiger charge is 2.08. The highest BCUT2D eigenvalue weighted by Crippen LogP contribution is 2.25. The summed E-state index contributed by atoms with van der Waals surface area (Å²) in [5.41, 5.74) is 1.21. The first-order valence-corrected chi connectivity index (χ1v) is 7.28. The Labute approximate surface area is 135 Å². The highest BCUT2D eigenvalue weighted by molar-refractivity contribution is 5.80. The second-order valence-corrected chi connectivity index (χ2v) is 5.12. The third-order valence-corrected chi connectivity index (χ3v) is 3.52. The first-order chi connectivity index (χ1) is 11.8. The van der Waals surface area contributed by atoms with E-state index in [1.54, 1.807) is 18.2 Å². The van der Waals surface area contributed by atoms with Crippen LogP contribution in [0.4, 0.5) is 0 Å². The van der Waals surface area contributed by atoms with E-state index < -0.39 is 0 Å². The minimum absolute atomic E-state index is 0.0974. The van der Waals surface area contributed by atoms with E-state index in [-0.39, 0.29) is 12.0 Å². The molecule has 0 spiro atoms. The van der Waals surface area contributed by atoms with Crippen LogP contribution in [0.5, 0.6) is 5.75 Å². The van der Waals surface area contributed by atoms with Crippen LogP contribution in [0.2, 0.25) is 0 Å². The van der Waals surface area contributed by atoms with E-state index in [1.807, 2.05) is 30.3 Å². The van der Waals surface area contributed by atoms with Crippen LogP contribution in [0.3, 0.4) is 0 Å². The molecule has 0 aliphatic heterocycles. The standard InChI is InChI=1S/C17H12N4O3/c22-14-9-15(11-4-2-1-3-5-11)24-16-8-12(6-7-13(14)16)23-10-17-18-20-21-19-17/h1-9H,10H2,(H,18,19,20,21). The smallest absolute Gasteiger partial charge is 0.211 e. The molecule has 0 aliphatic rings. The fourth-order valence-electron chi connectivity index (χ4n) is 2.36. The lowest BCUT2D eigenvalue weighted by Gasteiger charge is -2.06. The zero-order valence-electron chi connectivity index (χ0n) is 12.5. The number of nitrogens with one attached hydrogen (secondary N) is 1. The Bertz CT molecular complexity index is 1030. The maximum absolute atomic E-state index is 12.3. The number of H-pyrrole nitrogens is 1. The molecule has 0 saturated carbocycles. The Morgan fingerprint density at radius 2 is 1.96 bits per heavy atom. The third-order valence-electron chi connectivity index (χ3n) is 3.52. The van der Waals surface area contributed by atoms with Crippen LogP contribution >= 0.6 is 0 Å². The third kappa shape index (κ3) is 2.74. The number of rotatable bonds is 4. The molecule has 0 fully saturated rings. The van der Waals surface area contributed by atoms with Crippen molar-refractivity contribution in [2.75, 3.05) is 0 Å². The average Bonchev–Trinajstić information content (AvgIpc) is 3.14. The van der Waals surface area contributed by atoms with Crippen molar-refractivity contribution in [3.63, 3.8) is 0 Å². The van der Waals surface area contributed by atoms with Gasteiger partial charge < -0.3 is 9.15 Å². The lowest BCUT2D eigenvalue weighted by molar-refractivity contribution is 0.296. The highest BCUT2D eigenvalue weighted by atomic mass is 16.5. The second kappa shape index (κ2) is 5.96. The molecule has 0 unspecified atom stereocenters. The molecule has 4 aromatic rings. The van der Waals surface area contributed by atoms with Crippen LogP contribution in [0.1, 0.15) is 5.82 Å². The van der Waals surface area contributed by atoms with Gasteiger partial charge in [-0.25, -0.2) is 0 Å². The number of ether oxygens (including phenoxy) is 1. The summed E-state index contributed by atoms with van der Waals surface area (Å²) in [5.74, 6) is 1.51. The molecular formula is C17H12N4O3. The van der Waals surface area contributed by atoms with E-state index in [9.17, 15) is 4.79 Å². The monoisotopic (exact) mass is 320 g/mol. The maximum Gasteiger partial charge on any atom is 0.211 e. The maximum atomic E-state index is 12.3. The Balaban J connectivity index is 1.71. The zero-order chi connectivity index (χ0) is 16.4. The molecule has 4 rings (SSSR count). The van der Waals surface area contributed by atoms with E-state index in [2.05, 4.69) is 20.6 Å². The summed E-state index contributed by atoms with van der Waals surface area (Å²) in [6.07, 6.45) is 0. The molecule has 0 aliphatic carbocycles. The van der Waals surface area contributed by atoms with Crippen LogP contribution in [-0.4, -0.2) is 20.6 Å². The number of aromatic amines is 1. The van der Waals surface area contributed by atoms with Gasteiger partial charge in [-0.15, -0.1) is 10.2 Å². The van der Waals surface area contributed by atoms with Crippen molar-refractivity contribution >= 4 is 11.0 Å². The van der Waals surface area contributed by atoms with Gasteiger partial charge in [0.1, 0.15) is 17.1 Å². The fraction of sp³-hybridized carbons (Fsp3) is 0.0588. The van der Waals surface area contributed by atoms with Crippen LogP contribution in [-0.2, 0) is 6.61 Å². The van der Waals surface area contributed by atoms with Crippen molar-refractivity contribution in [2.24, 2.45) is 0 Å².